The van der Waals surface area contributed by atoms with Crippen molar-refractivity contribution in [3.8, 4) is 0 Å². The molecule has 0 unspecified atom stereocenters. The summed E-state index contributed by atoms with van der Waals surface area (Å²) in [7, 11) is 0. The highest BCUT2D eigenvalue weighted by atomic mass is 19.1. The fourth-order valence-electron chi connectivity index (χ4n) is 1.27. The van der Waals surface area contributed by atoms with E-state index in [1.807, 2.05) is 0 Å². The van der Waals surface area contributed by atoms with Gasteiger partial charge in [0.1, 0.15) is 5.82 Å². The minimum atomic E-state index is -0.307. The monoisotopic (exact) mass is 208 g/mol. The summed E-state index contributed by atoms with van der Waals surface area (Å²) in [5.41, 5.74) is 0.602. The second-order valence-corrected chi connectivity index (χ2v) is 3.79. The van der Waals surface area contributed by atoms with Crippen LogP contribution in [0.2, 0.25) is 0 Å². The topological polar surface area (TPSA) is 41.1 Å². The minimum Gasteiger partial charge on any atom is -0.338 e. The molecule has 1 aliphatic rings. The van der Waals surface area contributed by atoms with Gasteiger partial charge >= 0.3 is 6.03 Å². The lowest BCUT2D eigenvalue weighted by Gasteiger charge is -2.06. The van der Waals surface area contributed by atoms with Crippen molar-refractivity contribution in [2.45, 2.75) is 12.8 Å². The molecule has 80 valence electrons. The van der Waals surface area contributed by atoms with Gasteiger partial charge in [0.05, 0.1) is 0 Å². The normalized spacial score (nSPS) is 14.7. The number of hydrogen-bond donors (Lipinski definition) is 2. The van der Waals surface area contributed by atoms with Crippen molar-refractivity contribution in [3.63, 3.8) is 0 Å². The highest BCUT2D eigenvalue weighted by molar-refractivity contribution is 5.89. The third-order valence-corrected chi connectivity index (χ3v) is 2.35. The van der Waals surface area contributed by atoms with Gasteiger partial charge in [0.25, 0.3) is 0 Å². The van der Waals surface area contributed by atoms with E-state index in [4.69, 9.17) is 0 Å². The Hall–Kier alpha value is -1.58. The van der Waals surface area contributed by atoms with Gasteiger partial charge in [-0.1, -0.05) is 0 Å². The summed E-state index contributed by atoms with van der Waals surface area (Å²) in [6, 6.07) is 5.47. The van der Waals surface area contributed by atoms with Gasteiger partial charge in [-0.3, -0.25) is 0 Å². The number of rotatable bonds is 3. The van der Waals surface area contributed by atoms with Crippen LogP contribution in [0.5, 0.6) is 0 Å². The molecule has 0 heterocycles. The van der Waals surface area contributed by atoms with Gasteiger partial charge < -0.3 is 10.6 Å². The largest absolute Gasteiger partial charge is 0.338 e. The predicted octanol–water partition coefficient (Wildman–Crippen LogP) is 2.36. The fraction of sp³-hybridized carbons (Fsp3) is 0.364. The highest BCUT2D eigenvalue weighted by Crippen LogP contribution is 2.27. The molecule has 15 heavy (non-hydrogen) atoms. The van der Waals surface area contributed by atoms with E-state index < -0.39 is 0 Å². The third kappa shape index (κ3) is 3.23. The number of carbonyl (C=O) groups excluding carboxylic acids is 1. The number of halogens is 1. The Bertz CT molecular complexity index is 346. The van der Waals surface area contributed by atoms with Crippen LogP contribution in [0.25, 0.3) is 0 Å². The first-order valence-electron chi connectivity index (χ1n) is 5.04. The molecule has 0 atom stereocenters. The summed E-state index contributed by atoms with van der Waals surface area (Å²) in [5, 5.41) is 5.40. The maximum absolute atomic E-state index is 12.6. The Morgan fingerprint density at radius 2 is 2.00 bits per heavy atom. The van der Waals surface area contributed by atoms with E-state index in [-0.39, 0.29) is 11.8 Å². The van der Waals surface area contributed by atoms with Crippen LogP contribution < -0.4 is 10.6 Å². The number of hydrogen-bond acceptors (Lipinski definition) is 1. The van der Waals surface area contributed by atoms with Gasteiger partial charge in [-0.15, -0.1) is 0 Å². The Balaban J connectivity index is 1.79. The molecular weight excluding hydrogens is 195 g/mol. The molecule has 1 aliphatic carbocycles. The molecule has 1 aromatic carbocycles. The van der Waals surface area contributed by atoms with Crippen LogP contribution in [0.4, 0.5) is 14.9 Å². The standard InChI is InChI=1S/C11H13FN2O/c12-9-3-5-10(6-4-9)14-11(15)13-7-8-1-2-8/h3-6,8H,1-2,7H2,(H2,13,14,15). The average Bonchev–Trinajstić information content (AvgIpc) is 3.02. The van der Waals surface area contributed by atoms with Crippen LogP contribution in [-0.4, -0.2) is 12.6 Å². The van der Waals surface area contributed by atoms with Gasteiger partial charge in [-0.2, -0.15) is 0 Å². The van der Waals surface area contributed by atoms with Gasteiger partial charge in [-0.25, -0.2) is 9.18 Å². The van der Waals surface area contributed by atoms with Crippen LogP contribution in [0, 0.1) is 11.7 Å². The molecule has 0 saturated heterocycles. The summed E-state index contributed by atoms with van der Waals surface area (Å²) in [6.45, 7) is 0.729. The van der Waals surface area contributed by atoms with E-state index in [0.717, 1.165) is 6.54 Å². The van der Waals surface area contributed by atoms with Crippen molar-refractivity contribution in [2.24, 2.45) is 5.92 Å². The first kappa shape index (κ1) is 9.96. The number of benzene rings is 1. The van der Waals surface area contributed by atoms with Crippen molar-refractivity contribution in [3.05, 3.63) is 30.1 Å². The van der Waals surface area contributed by atoms with Crippen LogP contribution in [0.1, 0.15) is 12.8 Å². The second-order valence-electron chi connectivity index (χ2n) is 3.79. The fourth-order valence-corrected chi connectivity index (χ4v) is 1.27. The summed E-state index contributed by atoms with van der Waals surface area (Å²) in [4.78, 5) is 11.3. The van der Waals surface area contributed by atoms with Crippen molar-refractivity contribution < 1.29 is 9.18 Å². The van der Waals surface area contributed by atoms with Crippen LogP contribution in [0.3, 0.4) is 0 Å². The molecule has 2 amide bonds. The zero-order valence-corrected chi connectivity index (χ0v) is 8.29. The lowest BCUT2D eigenvalue weighted by atomic mass is 10.3. The van der Waals surface area contributed by atoms with Crippen LogP contribution in [-0.2, 0) is 0 Å². The molecule has 2 N–H and O–H groups in total. The summed E-state index contributed by atoms with van der Waals surface area (Å²) in [6.07, 6.45) is 2.41. The number of nitrogens with one attached hydrogen (secondary N) is 2. The number of amides is 2. The summed E-state index contributed by atoms with van der Waals surface area (Å²) < 4.78 is 12.6. The molecule has 0 radical (unpaired) electrons. The third-order valence-electron chi connectivity index (χ3n) is 2.35. The van der Waals surface area contributed by atoms with E-state index >= 15 is 0 Å². The zero-order chi connectivity index (χ0) is 10.7. The van der Waals surface area contributed by atoms with Crippen molar-refractivity contribution in [1.29, 1.82) is 0 Å². The van der Waals surface area contributed by atoms with Gasteiger partial charge in [0.15, 0.2) is 0 Å². The molecule has 0 bridgehead atoms. The van der Waals surface area contributed by atoms with E-state index in [1.165, 1.54) is 37.1 Å². The molecule has 1 aromatic rings. The molecule has 3 nitrogen and oxygen atoms in total. The molecule has 0 aromatic heterocycles. The quantitative estimate of drug-likeness (QED) is 0.786. The maximum atomic E-state index is 12.6. The molecule has 1 fully saturated rings. The first-order valence-corrected chi connectivity index (χ1v) is 5.04. The molecule has 1 saturated carbocycles. The Morgan fingerprint density at radius 1 is 1.33 bits per heavy atom. The van der Waals surface area contributed by atoms with E-state index in [0.29, 0.717) is 11.6 Å². The van der Waals surface area contributed by atoms with E-state index in [2.05, 4.69) is 10.6 Å². The van der Waals surface area contributed by atoms with Gasteiger partial charge in [-0.05, 0) is 43.0 Å². The molecule has 2 rings (SSSR count). The Kier molecular flexibility index (Phi) is 2.85. The maximum Gasteiger partial charge on any atom is 0.319 e. The number of carbonyl (C=O) groups is 1. The molecular formula is C11H13FN2O. The van der Waals surface area contributed by atoms with E-state index in [1.54, 1.807) is 0 Å². The van der Waals surface area contributed by atoms with Crippen LogP contribution in [0.15, 0.2) is 24.3 Å². The second kappa shape index (κ2) is 4.29. The van der Waals surface area contributed by atoms with Crippen molar-refractivity contribution in [2.75, 3.05) is 11.9 Å². The Morgan fingerprint density at radius 3 is 2.60 bits per heavy atom. The predicted molar refractivity (Wildman–Crippen MR) is 56.1 cm³/mol. The lowest BCUT2D eigenvalue weighted by Crippen LogP contribution is -2.30. The lowest BCUT2D eigenvalue weighted by molar-refractivity contribution is 0.251. The SMILES string of the molecule is O=C(NCC1CC1)Nc1ccc(F)cc1. The van der Waals surface area contributed by atoms with Crippen molar-refractivity contribution >= 4 is 11.7 Å². The zero-order valence-electron chi connectivity index (χ0n) is 8.29. The Labute approximate surface area is 87.7 Å². The van der Waals surface area contributed by atoms with Gasteiger partial charge in [0.2, 0.25) is 0 Å². The average molecular weight is 208 g/mol. The molecule has 0 spiro atoms. The molecule has 0 aliphatic heterocycles. The number of urea groups is 1. The van der Waals surface area contributed by atoms with E-state index in [9.17, 15) is 9.18 Å². The summed E-state index contributed by atoms with van der Waals surface area (Å²) in [5.74, 6) is 0.350. The first-order chi connectivity index (χ1) is 7.24. The molecule has 4 heteroatoms. The summed E-state index contributed by atoms with van der Waals surface area (Å²) >= 11 is 0. The smallest absolute Gasteiger partial charge is 0.319 e. The van der Waals surface area contributed by atoms with Crippen molar-refractivity contribution in [1.82, 2.24) is 5.32 Å². The number of anilines is 1. The highest BCUT2D eigenvalue weighted by Gasteiger charge is 2.21. The van der Waals surface area contributed by atoms with Gasteiger partial charge in [0, 0.05) is 12.2 Å². The minimum absolute atomic E-state index is 0.228. The van der Waals surface area contributed by atoms with Crippen LogP contribution >= 0.6 is 0 Å².